The summed E-state index contributed by atoms with van der Waals surface area (Å²) in [5.41, 5.74) is 3.45. The van der Waals surface area contributed by atoms with Gasteiger partial charge in [0, 0.05) is 6.07 Å². The van der Waals surface area contributed by atoms with E-state index in [1.807, 2.05) is 62.4 Å². The van der Waals surface area contributed by atoms with Crippen molar-refractivity contribution in [3.63, 3.8) is 0 Å². The molecule has 0 aliphatic rings. The molecule has 3 rings (SSSR count). The zero-order valence-corrected chi connectivity index (χ0v) is 14.4. The molecule has 0 spiro atoms. The topological polar surface area (TPSA) is 56.1 Å². The van der Waals surface area contributed by atoms with Crippen LogP contribution in [-0.4, -0.2) is 22.3 Å². The second-order valence-electron chi connectivity index (χ2n) is 5.94. The minimum atomic E-state index is -0.215. The number of carbonyl (C=O) groups excluding carboxylic acids is 1. The van der Waals surface area contributed by atoms with Crippen molar-refractivity contribution in [3.8, 4) is 5.75 Å². The Bertz CT molecular complexity index is 856. The van der Waals surface area contributed by atoms with E-state index in [-0.39, 0.29) is 12.5 Å². The van der Waals surface area contributed by atoms with Crippen LogP contribution in [0.1, 0.15) is 16.7 Å². The smallest absolute Gasteiger partial charge is 0.263 e. The number of nitrogens with zero attached hydrogens (tertiary/aromatic N) is 2. The second kappa shape index (κ2) is 7.66. The number of benzene rings is 2. The van der Waals surface area contributed by atoms with Crippen molar-refractivity contribution in [2.75, 3.05) is 11.9 Å². The van der Waals surface area contributed by atoms with Crippen LogP contribution in [0.5, 0.6) is 5.75 Å². The molecule has 1 amide bonds. The summed E-state index contributed by atoms with van der Waals surface area (Å²) in [7, 11) is 0. The lowest BCUT2D eigenvalue weighted by Crippen LogP contribution is -2.22. The van der Waals surface area contributed by atoms with E-state index in [9.17, 15) is 4.79 Å². The Balaban J connectivity index is 1.58. The molecule has 0 saturated carbocycles. The Morgan fingerprint density at radius 3 is 2.64 bits per heavy atom. The molecule has 5 nitrogen and oxygen atoms in total. The number of hydrogen-bond donors (Lipinski definition) is 1. The number of anilines is 1. The summed E-state index contributed by atoms with van der Waals surface area (Å²) in [6.07, 6.45) is 1.67. The fourth-order valence-electron chi connectivity index (χ4n) is 2.45. The minimum absolute atomic E-state index is 0.0426. The van der Waals surface area contributed by atoms with E-state index >= 15 is 0 Å². The van der Waals surface area contributed by atoms with Gasteiger partial charge < -0.3 is 10.1 Å². The molecule has 1 aromatic heterocycles. The van der Waals surface area contributed by atoms with Crippen LogP contribution in [0.4, 0.5) is 5.82 Å². The van der Waals surface area contributed by atoms with E-state index in [1.54, 1.807) is 16.9 Å². The summed E-state index contributed by atoms with van der Waals surface area (Å²) in [6, 6.07) is 17.5. The van der Waals surface area contributed by atoms with Crippen LogP contribution in [0.3, 0.4) is 0 Å². The van der Waals surface area contributed by atoms with Gasteiger partial charge in [-0.2, -0.15) is 5.10 Å². The van der Waals surface area contributed by atoms with Crippen LogP contribution < -0.4 is 10.1 Å². The zero-order valence-electron chi connectivity index (χ0n) is 14.4. The molecule has 0 aliphatic heterocycles. The number of carbonyl (C=O) groups is 1. The molecule has 25 heavy (non-hydrogen) atoms. The van der Waals surface area contributed by atoms with Gasteiger partial charge in [0.05, 0.1) is 12.7 Å². The van der Waals surface area contributed by atoms with Gasteiger partial charge in [0.2, 0.25) is 0 Å². The number of ether oxygens (including phenoxy) is 1. The van der Waals surface area contributed by atoms with Crippen molar-refractivity contribution in [1.29, 1.82) is 0 Å². The lowest BCUT2D eigenvalue weighted by Gasteiger charge is -2.11. The first kappa shape index (κ1) is 16.8. The molecule has 0 fully saturated rings. The molecule has 3 aromatic rings. The number of rotatable bonds is 6. The highest BCUT2D eigenvalue weighted by atomic mass is 16.5. The molecule has 0 saturated heterocycles. The first-order chi connectivity index (χ1) is 12.1. The Labute approximate surface area is 147 Å². The van der Waals surface area contributed by atoms with Crippen LogP contribution in [0.25, 0.3) is 0 Å². The molecule has 1 N–H and O–H groups in total. The van der Waals surface area contributed by atoms with Gasteiger partial charge in [-0.25, -0.2) is 4.68 Å². The number of aromatic nitrogens is 2. The van der Waals surface area contributed by atoms with Crippen molar-refractivity contribution >= 4 is 11.7 Å². The number of aryl methyl sites for hydroxylation is 2. The van der Waals surface area contributed by atoms with Gasteiger partial charge in [-0.1, -0.05) is 36.4 Å². The molecule has 1 heterocycles. The van der Waals surface area contributed by atoms with Crippen LogP contribution in [0.15, 0.2) is 60.8 Å². The number of amides is 1. The molecular formula is C20H21N3O2. The fourth-order valence-corrected chi connectivity index (χ4v) is 2.45. The van der Waals surface area contributed by atoms with E-state index in [0.717, 1.165) is 11.1 Å². The van der Waals surface area contributed by atoms with Gasteiger partial charge in [-0.3, -0.25) is 4.79 Å². The van der Waals surface area contributed by atoms with Gasteiger partial charge in [-0.15, -0.1) is 0 Å². The monoisotopic (exact) mass is 335 g/mol. The van der Waals surface area contributed by atoms with Crippen molar-refractivity contribution in [3.05, 3.63) is 77.5 Å². The Morgan fingerprint density at radius 1 is 1.08 bits per heavy atom. The first-order valence-corrected chi connectivity index (χ1v) is 8.17. The fraction of sp³-hybridized carbons (Fsp3) is 0.200. The molecule has 0 unspecified atom stereocenters. The Morgan fingerprint density at radius 2 is 1.88 bits per heavy atom. The summed E-state index contributed by atoms with van der Waals surface area (Å²) in [5, 5.41) is 7.11. The van der Waals surface area contributed by atoms with E-state index in [2.05, 4.69) is 10.4 Å². The average molecular weight is 335 g/mol. The van der Waals surface area contributed by atoms with E-state index in [1.165, 1.54) is 5.56 Å². The molecule has 0 atom stereocenters. The standard InChI is InChI=1S/C20H21N3O2/c1-15-8-9-18(12-16(15)2)25-14-20(24)22-19-10-11-21-23(19)13-17-6-4-3-5-7-17/h3-12H,13-14H2,1-2H3,(H,22,24). The second-order valence-corrected chi connectivity index (χ2v) is 5.94. The van der Waals surface area contributed by atoms with Gasteiger partial charge >= 0.3 is 0 Å². The third-order valence-corrected chi connectivity index (χ3v) is 4.01. The Kier molecular flexibility index (Phi) is 5.14. The molecule has 0 bridgehead atoms. The molecular weight excluding hydrogens is 314 g/mol. The summed E-state index contributed by atoms with van der Waals surface area (Å²) >= 11 is 0. The summed E-state index contributed by atoms with van der Waals surface area (Å²) < 4.78 is 7.32. The highest BCUT2D eigenvalue weighted by Gasteiger charge is 2.09. The van der Waals surface area contributed by atoms with Crippen molar-refractivity contribution in [2.45, 2.75) is 20.4 Å². The van der Waals surface area contributed by atoms with E-state index < -0.39 is 0 Å². The maximum Gasteiger partial charge on any atom is 0.263 e. The van der Waals surface area contributed by atoms with Gasteiger partial charge in [0.25, 0.3) is 5.91 Å². The summed E-state index contributed by atoms with van der Waals surface area (Å²) in [4.78, 5) is 12.2. The maximum absolute atomic E-state index is 12.2. The largest absolute Gasteiger partial charge is 0.484 e. The molecule has 0 aliphatic carbocycles. The average Bonchev–Trinajstić information content (AvgIpc) is 3.03. The van der Waals surface area contributed by atoms with Crippen molar-refractivity contribution in [1.82, 2.24) is 9.78 Å². The van der Waals surface area contributed by atoms with Gasteiger partial charge in [0.15, 0.2) is 6.61 Å². The SMILES string of the molecule is Cc1ccc(OCC(=O)Nc2ccnn2Cc2ccccc2)cc1C. The van der Waals surface area contributed by atoms with Crippen LogP contribution >= 0.6 is 0 Å². The normalized spacial score (nSPS) is 10.5. The molecule has 0 radical (unpaired) electrons. The maximum atomic E-state index is 12.2. The van der Waals surface area contributed by atoms with Crippen LogP contribution in [0.2, 0.25) is 0 Å². The highest BCUT2D eigenvalue weighted by molar-refractivity contribution is 5.91. The zero-order chi connectivity index (χ0) is 17.6. The quantitative estimate of drug-likeness (QED) is 0.749. The molecule has 2 aromatic carbocycles. The minimum Gasteiger partial charge on any atom is -0.484 e. The highest BCUT2D eigenvalue weighted by Crippen LogP contribution is 2.16. The van der Waals surface area contributed by atoms with Crippen LogP contribution in [-0.2, 0) is 11.3 Å². The molecule has 5 heteroatoms. The van der Waals surface area contributed by atoms with Gasteiger partial charge in [-0.05, 0) is 42.7 Å². The lowest BCUT2D eigenvalue weighted by atomic mass is 10.1. The third kappa shape index (κ3) is 4.47. The number of hydrogen-bond acceptors (Lipinski definition) is 3. The predicted octanol–water partition coefficient (Wildman–Crippen LogP) is 3.57. The number of nitrogens with one attached hydrogen (secondary N) is 1. The molecule has 128 valence electrons. The van der Waals surface area contributed by atoms with Crippen LogP contribution in [0, 0.1) is 13.8 Å². The third-order valence-electron chi connectivity index (χ3n) is 4.01. The first-order valence-electron chi connectivity index (χ1n) is 8.17. The lowest BCUT2D eigenvalue weighted by molar-refractivity contribution is -0.118. The van der Waals surface area contributed by atoms with Gasteiger partial charge in [0.1, 0.15) is 11.6 Å². The van der Waals surface area contributed by atoms with Crippen molar-refractivity contribution < 1.29 is 9.53 Å². The summed E-state index contributed by atoms with van der Waals surface area (Å²) in [5.74, 6) is 1.13. The predicted molar refractivity (Wildman–Crippen MR) is 97.8 cm³/mol. The van der Waals surface area contributed by atoms with Crippen molar-refractivity contribution in [2.24, 2.45) is 0 Å². The summed E-state index contributed by atoms with van der Waals surface area (Å²) in [6.45, 7) is 4.62. The Hall–Kier alpha value is -3.08. The van der Waals surface area contributed by atoms with E-state index in [4.69, 9.17) is 4.74 Å². The van der Waals surface area contributed by atoms with E-state index in [0.29, 0.717) is 18.1 Å².